The SMILES string of the molecule is CCC1(C)CC(N)(c2noc(C)n2)CCO1. The highest BCUT2D eigenvalue weighted by Crippen LogP contribution is 2.37. The van der Waals surface area contributed by atoms with Crippen LogP contribution in [-0.2, 0) is 10.3 Å². The van der Waals surface area contributed by atoms with Crippen molar-refractivity contribution in [2.24, 2.45) is 5.73 Å². The molecule has 5 heteroatoms. The highest BCUT2D eigenvalue weighted by Gasteiger charge is 2.43. The lowest BCUT2D eigenvalue weighted by Gasteiger charge is -2.42. The van der Waals surface area contributed by atoms with Crippen LogP contribution in [0.25, 0.3) is 0 Å². The van der Waals surface area contributed by atoms with Gasteiger partial charge in [-0.05, 0) is 19.8 Å². The van der Waals surface area contributed by atoms with Crippen molar-refractivity contribution in [1.29, 1.82) is 0 Å². The van der Waals surface area contributed by atoms with Crippen LogP contribution in [0.1, 0.15) is 44.8 Å². The van der Waals surface area contributed by atoms with E-state index in [-0.39, 0.29) is 5.60 Å². The number of aryl methyl sites for hydroxylation is 1. The molecule has 2 atom stereocenters. The van der Waals surface area contributed by atoms with Crippen molar-refractivity contribution in [2.45, 2.75) is 51.2 Å². The molecular weight excluding hydrogens is 206 g/mol. The fourth-order valence-corrected chi connectivity index (χ4v) is 2.21. The maximum atomic E-state index is 6.38. The Bertz CT molecular complexity index is 379. The summed E-state index contributed by atoms with van der Waals surface area (Å²) in [4.78, 5) is 4.25. The highest BCUT2D eigenvalue weighted by atomic mass is 16.5. The van der Waals surface area contributed by atoms with Crippen LogP contribution in [0.3, 0.4) is 0 Å². The normalized spacial score (nSPS) is 35.2. The second-order valence-corrected chi connectivity index (χ2v) is 4.87. The summed E-state index contributed by atoms with van der Waals surface area (Å²) in [5, 5.41) is 3.94. The summed E-state index contributed by atoms with van der Waals surface area (Å²) >= 11 is 0. The summed E-state index contributed by atoms with van der Waals surface area (Å²) in [6.45, 7) is 6.61. The summed E-state index contributed by atoms with van der Waals surface area (Å²) in [5.74, 6) is 1.16. The van der Waals surface area contributed by atoms with Crippen molar-refractivity contribution in [3.05, 3.63) is 11.7 Å². The Kier molecular flexibility index (Phi) is 2.75. The molecule has 1 saturated heterocycles. The molecule has 1 aliphatic heterocycles. The monoisotopic (exact) mass is 225 g/mol. The summed E-state index contributed by atoms with van der Waals surface area (Å²) in [5.41, 5.74) is 5.69. The maximum absolute atomic E-state index is 6.38. The van der Waals surface area contributed by atoms with Crippen LogP contribution >= 0.6 is 0 Å². The Morgan fingerprint density at radius 1 is 1.50 bits per heavy atom. The second-order valence-electron chi connectivity index (χ2n) is 4.87. The fourth-order valence-electron chi connectivity index (χ4n) is 2.21. The molecule has 2 unspecified atom stereocenters. The van der Waals surface area contributed by atoms with E-state index in [9.17, 15) is 0 Å². The van der Waals surface area contributed by atoms with E-state index in [0.717, 1.165) is 19.3 Å². The van der Waals surface area contributed by atoms with Gasteiger partial charge in [0.15, 0.2) is 5.82 Å². The average Bonchev–Trinajstić information content (AvgIpc) is 2.65. The van der Waals surface area contributed by atoms with Gasteiger partial charge >= 0.3 is 0 Å². The number of nitrogens with two attached hydrogens (primary N) is 1. The van der Waals surface area contributed by atoms with Gasteiger partial charge in [-0.1, -0.05) is 12.1 Å². The van der Waals surface area contributed by atoms with Crippen LogP contribution in [0, 0.1) is 6.92 Å². The number of rotatable bonds is 2. The molecule has 90 valence electrons. The van der Waals surface area contributed by atoms with Crippen molar-refractivity contribution in [3.63, 3.8) is 0 Å². The van der Waals surface area contributed by atoms with Crippen molar-refractivity contribution in [1.82, 2.24) is 10.1 Å². The fraction of sp³-hybridized carbons (Fsp3) is 0.818. The molecule has 2 N–H and O–H groups in total. The van der Waals surface area contributed by atoms with E-state index in [4.69, 9.17) is 15.0 Å². The molecule has 0 bridgehead atoms. The topological polar surface area (TPSA) is 74.2 Å². The maximum Gasteiger partial charge on any atom is 0.223 e. The number of aromatic nitrogens is 2. The Balaban J connectivity index is 2.25. The molecular formula is C11H19N3O2. The molecule has 0 spiro atoms. The lowest BCUT2D eigenvalue weighted by molar-refractivity contribution is -0.0973. The first-order valence-electron chi connectivity index (χ1n) is 5.71. The minimum absolute atomic E-state index is 0.179. The third-order valence-electron chi connectivity index (χ3n) is 3.41. The van der Waals surface area contributed by atoms with Gasteiger partial charge in [-0.2, -0.15) is 4.98 Å². The quantitative estimate of drug-likeness (QED) is 0.825. The van der Waals surface area contributed by atoms with E-state index in [1.54, 1.807) is 6.92 Å². The molecule has 16 heavy (non-hydrogen) atoms. The molecule has 1 fully saturated rings. The minimum atomic E-state index is -0.513. The molecule has 1 aromatic rings. The number of nitrogens with zero attached hydrogens (tertiary/aromatic N) is 2. The molecule has 0 aromatic carbocycles. The van der Waals surface area contributed by atoms with Crippen LogP contribution in [0.15, 0.2) is 4.52 Å². The van der Waals surface area contributed by atoms with Gasteiger partial charge in [-0.3, -0.25) is 0 Å². The molecule has 1 aliphatic rings. The van der Waals surface area contributed by atoms with Crippen LogP contribution < -0.4 is 5.73 Å². The third kappa shape index (κ3) is 1.97. The van der Waals surface area contributed by atoms with Gasteiger partial charge in [-0.15, -0.1) is 0 Å². The van der Waals surface area contributed by atoms with Crippen LogP contribution in [0.5, 0.6) is 0 Å². The molecule has 0 radical (unpaired) electrons. The van der Waals surface area contributed by atoms with Gasteiger partial charge in [0, 0.05) is 20.0 Å². The van der Waals surface area contributed by atoms with Gasteiger partial charge in [0.2, 0.25) is 5.89 Å². The molecule has 1 aromatic heterocycles. The molecule has 2 rings (SSSR count). The standard InChI is InChI=1S/C11H19N3O2/c1-4-10(3)7-11(12,5-6-15-10)9-13-8(2)16-14-9/h4-7,12H2,1-3H3. The first-order valence-corrected chi connectivity index (χ1v) is 5.71. The van der Waals surface area contributed by atoms with Gasteiger partial charge in [0.25, 0.3) is 0 Å². The van der Waals surface area contributed by atoms with Crippen LogP contribution in [0.4, 0.5) is 0 Å². The lowest BCUT2D eigenvalue weighted by Crippen LogP contribution is -2.51. The van der Waals surface area contributed by atoms with Crippen LogP contribution in [-0.4, -0.2) is 22.3 Å². The first kappa shape index (κ1) is 11.5. The van der Waals surface area contributed by atoms with E-state index < -0.39 is 5.54 Å². The van der Waals surface area contributed by atoms with Crippen molar-refractivity contribution < 1.29 is 9.26 Å². The second kappa shape index (κ2) is 3.82. The zero-order valence-electron chi connectivity index (χ0n) is 10.1. The van der Waals surface area contributed by atoms with E-state index >= 15 is 0 Å². The molecule has 0 saturated carbocycles. The highest BCUT2D eigenvalue weighted by molar-refractivity contribution is 5.08. The summed E-state index contributed by atoms with van der Waals surface area (Å²) in [6, 6.07) is 0. The van der Waals surface area contributed by atoms with Crippen molar-refractivity contribution in [2.75, 3.05) is 6.61 Å². The Morgan fingerprint density at radius 2 is 2.25 bits per heavy atom. The van der Waals surface area contributed by atoms with Crippen molar-refractivity contribution >= 4 is 0 Å². The largest absolute Gasteiger partial charge is 0.375 e. The predicted octanol–water partition coefficient (Wildman–Crippen LogP) is 1.51. The summed E-state index contributed by atoms with van der Waals surface area (Å²) < 4.78 is 10.8. The number of ether oxygens (including phenoxy) is 1. The molecule has 2 heterocycles. The van der Waals surface area contributed by atoms with Crippen LogP contribution in [0.2, 0.25) is 0 Å². The first-order chi connectivity index (χ1) is 7.47. The Morgan fingerprint density at radius 3 is 2.81 bits per heavy atom. The minimum Gasteiger partial charge on any atom is -0.375 e. The van der Waals surface area contributed by atoms with E-state index in [0.29, 0.717) is 18.3 Å². The van der Waals surface area contributed by atoms with E-state index in [2.05, 4.69) is 24.0 Å². The van der Waals surface area contributed by atoms with E-state index in [1.807, 2.05) is 0 Å². The summed E-state index contributed by atoms with van der Waals surface area (Å²) in [7, 11) is 0. The zero-order chi connectivity index (χ0) is 11.8. The number of hydrogen-bond donors (Lipinski definition) is 1. The predicted molar refractivity (Wildman–Crippen MR) is 58.8 cm³/mol. The zero-order valence-corrected chi connectivity index (χ0v) is 10.1. The Hall–Kier alpha value is -0.940. The smallest absolute Gasteiger partial charge is 0.223 e. The Labute approximate surface area is 95.3 Å². The lowest BCUT2D eigenvalue weighted by atomic mass is 9.79. The third-order valence-corrected chi connectivity index (χ3v) is 3.41. The van der Waals surface area contributed by atoms with Gasteiger partial charge < -0.3 is 15.0 Å². The summed E-state index contributed by atoms with van der Waals surface area (Å²) in [6.07, 6.45) is 2.40. The van der Waals surface area contributed by atoms with Gasteiger partial charge in [0.1, 0.15) is 0 Å². The van der Waals surface area contributed by atoms with Crippen molar-refractivity contribution in [3.8, 4) is 0 Å². The molecule has 0 amide bonds. The van der Waals surface area contributed by atoms with E-state index in [1.165, 1.54) is 0 Å². The van der Waals surface area contributed by atoms with Gasteiger partial charge in [0.05, 0.1) is 11.1 Å². The molecule has 5 nitrogen and oxygen atoms in total. The van der Waals surface area contributed by atoms with Gasteiger partial charge in [-0.25, -0.2) is 0 Å². The molecule has 0 aliphatic carbocycles. The average molecular weight is 225 g/mol. The number of hydrogen-bond acceptors (Lipinski definition) is 5.